The Morgan fingerprint density at radius 1 is 0.667 bits per heavy atom. The van der Waals surface area contributed by atoms with Crippen LogP contribution in [-0.2, 0) is 0 Å². The van der Waals surface area contributed by atoms with Crippen molar-refractivity contribution in [2.45, 2.75) is 0 Å². The highest BCUT2D eigenvalue weighted by molar-refractivity contribution is 6.33. The molecule has 0 aliphatic heterocycles. The van der Waals surface area contributed by atoms with E-state index in [0.717, 1.165) is 0 Å². The number of hydrogen-bond donors (Lipinski definition) is 0. The lowest BCUT2D eigenvalue weighted by atomic mass is 10.4. The molecular weight excluding hydrogens is 358 g/mol. The lowest BCUT2D eigenvalue weighted by Gasteiger charge is -1.84. The molecule has 96 valence electrons. The van der Waals surface area contributed by atoms with E-state index in [2.05, 4.69) is 60.7 Å². The second-order valence-corrected chi connectivity index (χ2v) is 5.96. The van der Waals surface area contributed by atoms with Gasteiger partial charge in [0, 0.05) is 0 Å². The molecule has 0 nitrogen and oxygen atoms in total. The van der Waals surface area contributed by atoms with E-state index >= 15 is 0 Å². The van der Waals surface area contributed by atoms with E-state index in [1.807, 2.05) is 0 Å². The smallest absolute Gasteiger partial charge is 0.762 e. The molecule has 0 amide bonds. The van der Waals surface area contributed by atoms with Gasteiger partial charge in [-0.2, -0.15) is 0 Å². The molecule has 2 aromatic carbocycles. The van der Waals surface area contributed by atoms with Crippen LogP contribution in [0.4, 0.5) is 12.9 Å². The minimum Gasteiger partial charge on any atom is -1.00 e. The monoisotopic (exact) mass is 368 g/mol. The quantitative estimate of drug-likeness (QED) is 0.318. The molecule has 18 heavy (non-hydrogen) atoms. The molecule has 0 saturated carbocycles. The van der Waals surface area contributed by atoms with Gasteiger partial charge in [-0.3, -0.25) is 12.9 Å². The van der Waals surface area contributed by atoms with Gasteiger partial charge in [-0.15, -0.1) is 0 Å². The fraction of sp³-hybridized carbons (Fsp3) is 0. The van der Waals surface area contributed by atoms with E-state index in [1.54, 1.807) is 0 Å². The summed E-state index contributed by atoms with van der Waals surface area (Å²) < 4.78 is 32.0. The molecule has 0 aromatic heterocycles. The Morgan fingerprint density at radius 3 is 1.22 bits per heavy atom. The molecule has 0 aliphatic carbocycles. The van der Waals surface area contributed by atoms with Crippen LogP contribution in [0.15, 0.2) is 60.7 Å². The summed E-state index contributed by atoms with van der Waals surface area (Å²) in [7, 11) is -3.67. The van der Waals surface area contributed by atoms with E-state index in [-0.39, 0.29) is 25.9 Å². The largest absolute Gasteiger partial charge is 1.00 e. The van der Waals surface area contributed by atoms with Crippen molar-refractivity contribution in [3.63, 3.8) is 0 Å². The lowest BCUT2D eigenvalue weighted by Crippen LogP contribution is -3.61. The van der Waals surface area contributed by atoms with Crippen molar-refractivity contribution in [3.8, 4) is 0 Å². The summed E-state index contributed by atoms with van der Waals surface area (Å²) in [5, 5.41) is 0. The highest BCUT2D eigenvalue weighted by atomic mass is 127. The van der Waals surface area contributed by atoms with Crippen LogP contribution in [0, 0.1) is 7.14 Å². The summed E-state index contributed by atoms with van der Waals surface area (Å²) >= 11 is 0.0287. The third kappa shape index (κ3) is 8.11. The van der Waals surface area contributed by atoms with Crippen LogP contribution in [-0.4, -0.2) is 7.54 Å². The van der Waals surface area contributed by atoms with Crippen LogP contribution in [0.2, 0.25) is 0 Å². The van der Waals surface area contributed by atoms with Crippen molar-refractivity contribution in [3.05, 3.63) is 67.8 Å². The van der Waals surface area contributed by atoms with E-state index in [4.69, 9.17) is 0 Å². The Kier molecular flexibility index (Phi) is 9.35. The van der Waals surface area contributed by atoms with E-state index in [9.17, 15) is 12.9 Å². The maximum Gasteiger partial charge on any atom is 0.762 e. The van der Waals surface area contributed by atoms with Crippen molar-refractivity contribution in [1.29, 1.82) is 0 Å². The molecular formula is C12H10BF4I. The minimum absolute atomic E-state index is 0. The molecule has 0 radical (unpaired) electrons. The zero-order chi connectivity index (χ0) is 12.5. The molecule has 0 unspecified atom stereocenters. The topological polar surface area (TPSA) is 0 Å². The molecule has 0 aliphatic rings. The van der Waals surface area contributed by atoms with Crippen LogP contribution in [0.1, 0.15) is 0 Å². The fourth-order valence-corrected chi connectivity index (χ4v) is 3.35. The van der Waals surface area contributed by atoms with Gasteiger partial charge in [-0.05, 0) is 24.3 Å². The Hall–Kier alpha value is -1.05. The number of hydrogen-bond acceptors (Lipinski definition) is 0. The first-order valence-electron chi connectivity index (χ1n) is 4.85. The van der Waals surface area contributed by atoms with Crippen LogP contribution in [0.5, 0.6) is 0 Å². The maximum absolute atomic E-state index is 9.67. The van der Waals surface area contributed by atoms with Crippen molar-refractivity contribution >= 4 is 7.54 Å². The summed E-state index contributed by atoms with van der Waals surface area (Å²) in [6, 6.07) is 21.4. The van der Waals surface area contributed by atoms with Gasteiger partial charge in [0.2, 0.25) is 0 Å². The Morgan fingerprint density at radius 2 is 0.944 bits per heavy atom. The van der Waals surface area contributed by atoms with Crippen molar-refractivity contribution < 1.29 is 38.9 Å². The van der Waals surface area contributed by atoms with Crippen LogP contribution in [0.25, 0.3) is 0 Å². The SMILES string of the molecule is FB(F)F.[F-].c1ccc([I+]c2ccccc2)cc1. The van der Waals surface area contributed by atoms with E-state index in [0.29, 0.717) is 0 Å². The molecule has 2 rings (SSSR count). The average molecular weight is 368 g/mol. The second kappa shape index (κ2) is 9.93. The van der Waals surface area contributed by atoms with Gasteiger partial charge < -0.3 is 4.70 Å². The van der Waals surface area contributed by atoms with Crippen LogP contribution in [0.3, 0.4) is 0 Å². The van der Waals surface area contributed by atoms with Gasteiger partial charge >= 0.3 is 28.7 Å². The number of halogens is 5. The predicted molar refractivity (Wildman–Crippen MR) is 59.4 cm³/mol. The first-order valence-corrected chi connectivity index (χ1v) is 7.01. The normalized spacial score (nSPS) is 8.61. The van der Waals surface area contributed by atoms with Gasteiger partial charge in [0.25, 0.3) is 0 Å². The molecule has 0 atom stereocenters. The Balaban J connectivity index is 0.000000512. The third-order valence-electron chi connectivity index (χ3n) is 1.68. The van der Waals surface area contributed by atoms with Gasteiger partial charge in [0.15, 0.2) is 7.14 Å². The molecule has 0 heterocycles. The minimum atomic E-state index is -3.67. The first kappa shape index (κ1) is 17.0. The molecule has 0 N–H and O–H groups in total. The molecule has 0 spiro atoms. The fourth-order valence-electron chi connectivity index (χ4n) is 1.08. The number of benzene rings is 2. The van der Waals surface area contributed by atoms with Gasteiger partial charge in [0.05, 0.1) is 0 Å². The van der Waals surface area contributed by atoms with Gasteiger partial charge in [-0.1, -0.05) is 36.4 Å². The summed E-state index contributed by atoms with van der Waals surface area (Å²) in [6.07, 6.45) is 0. The summed E-state index contributed by atoms with van der Waals surface area (Å²) in [6.45, 7) is 0. The lowest BCUT2D eigenvalue weighted by molar-refractivity contribution is -0.597. The standard InChI is InChI=1S/C12H10I.BF3.FH/c1-3-7-11(8-4-1)13-12-9-5-2-6-10-12;2-1(3)4;/h1-10H;;1H/q+1;;/p-1. The average Bonchev–Trinajstić information content (AvgIpc) is 2.31. The summed E-state index contributed by atoms with van der Waals surface area (Å²) in [5.74, 6) is 0. The second-order valence-electron chi connectivity index (χ2n) is 2.93. The number of rotatable bonds is 2. The van der Waals surface area contributed by atoms with Crippen molar-refractivity contribution in [2.75, 3.05) is 0 Å². The predicted octanol–water partition coefficient (Wildman–Crippen LogP) is -2.30. The molecule has 2 aromatic rings. The summed E-state index contributed by atoms with van der Waals surface area (Å²) in [4.78, 5) is 0. The van der Waals surface area contributed by atoms with Crippen LogP contribution >= 0.6 is 0 Å². The van der Waals surface area contributed by atoms with Gasteiger partial charge in [0.1, 0.15) is 0 Å². The molecule has 0 fully saturated rings. The van der Waals surface area contributed by atoms with E-state index < -0.39 is 7.54 Å². The first-order chi connectivity index (χ1) is 8.18. The third-order valence-corrected chi connectivity index (χ3v) is 4.37. The zero-order valence-electron chi connectivity index (χ0n) is 9.24. The highest BCUT2D eigenvalue weighted by Crippen LogP contribution is 1.85. The zero-order valence-corrected chi connectivity index (χ0v) is 11.4. The summed E-state index contributed by atoms with van der Waals surface area (Å²) in [5.41, 5.74) is 0. The Labute approximate surface area is 114 Å². The molecule has 0 saturated heterocycles. The van der Waals surface area contributed by atoms with E-state index in [1.165, 1.54) is 7.14 Å². The van der Waals surface area contributed by atoms with Crippen molar-refractivity contribution in [1.82, 2.24) is 0 Å². The van der Waals surface area contributed by atoms with Crippen molar-refractivity contribution in [2.24, 2.45) is 0 Å². The van der Waals surface area contributed by atoms with Gasteiger partial charge in [-0.25, -0.2) is 0 Å². The molecule has 0 bridgehead atoms. The maximum atomic E-state index is 9.67. The highest BCUT2D eigenvalue weighted by Gasteiger charge is 2.12. The Bertz CT molecular complexity index is 371. The van der Waals surface area contributed by atoms with Crippen LogP contribution < -0.4 is 25.9 Å². The molecule has 6 heteroatoms.